The van der Waals surface area contributed by atoms with Crippen LogP contribution in [0.15, 0.2) is 6.07 Å². The van der Waals surface area contributed by atoms with Crippen molar-refractivity contribution in [1.29, 1.82) is 5.26 Å². The lowest BCUT2D eigenvalue weighted by Gasteiger charge is -2.28. The standard InChI is InChI=1S/C17H22ClFN4O2/c1-9(21-16(24)25-17(2,3)4)13(10-5-6-10)22-15-12(19)7-11(8-20)14(18)23-15/h7,9-10,13H,5-6H2,1-4H3,(H,21,24)(H,22,23)/t9-,13-/m0/s1. The normalized spacial score (nSPS) is 16.5. The van der Waals surface area contributed by atoms with Gasteiger partial charge in [0.1, 0.15) is 16.8 Å². The maximum atomic E-state index is 14.2. The number of carbonyl (C=O) groups excluding carboxylic acids is 1. The number of rotatable bonds is 5. The average molecular weight is 369 g/mol. The number of nitrogens with zero attached hydrogens (tertiary/aromatic N) is 2. The Bertz CT molecular complexity index is 695. The molecule has 2 atom stereocenters. The molecule has 0 aliphatic heterocycles. The molecule has 0 bridgehead atoms. The summed E-state index contributed by atoms with van der Waals surface area (Å²) in [5.74, 6) is -0.393. The van der Waals surface area contributed by atoms with Crippen LogP contribution >= 0.6 is 11.6 Å². The Labute approximate surface area is 151 Å². The molecule has 2 rings (SSSR count). The van der Waals surface area contributed by atoms with Crippen molar-refractivity contribution in [3.05, 3.63) is 22.6 Å². The number of aromatic nitrogens is 1. The second-order valence-electron chi connectivity index (χ2n) is 7.21. The number of alkyl carbamates (subject to hydrolysis) is 1. The van der Waals surface area contributed by atoms with Crippen LogP contribution in [-0.4, -0.2) is 28.8 Å². The summed E-state index contributed by atoms with van der Waals surface area (Å²) in [5.41, 5.74) is -0.617. The predicted octanol–water partition coefficient (Wildman–Crippen LogP) is 3.85. The molecule has 0 spiro atoms. The second-order valence-corrected chi connectivity index (χ2v) is 7.57. The van der Waals surface area contributed by atoms with Gasteiger partial charge in [-0.05, 0) is 52.5 Å². The number of ether oxygens (including phenoxy) is 1. The number of amides is 1. The molecule has 1 aliphatic rings. The van der Waals surface area contributed by atoms with Crippen LogP contribution in [0.1, 0.15) is 46.1 Å². The zero-order valence-electron chi connectivity index (χ0n) is 14.7. The molecule has 136 valence electrons. The third kappa shape index (κ3) is 5.46. The summed E-state index contributed by atoms with van der Waals surface area (Å²) in [4.78, 5) is 15.9. The van der Waals surface area contributed by atoms with Gasteiger partial charge in [-0.15, -0.1) is 0 Å². The molecule has 1 aliphatic carbocycles. The van der Waals surface area contributed by atoms with Gasteiger partial charge in [-0.25, -0.2) is 14.2 Å². The van der Waals surface area contributed by atoms with Crippen molar-refractivity contribution in [1.82, 2.24) is 10.3 Å². The van der Waals surface area contributed by atoms with E-state index in [1.54, 1.807) is 26.8 Å². The summed E-state index contributed by atoms with van der Waals surface area (Å²) in [6.07, 6.45) is 1.42. The molecule has 0 radical (unpaired) electrons. The molecule has 1 heterocycles. The number of pyridine rings is 1. The summed E-state index contributed by atoms with van der Waals surface area (Å²) >= 11 is 5.89. The van der Waals surface area contributed by atoms with E-state index in [4.69, 9.17) is 21.6 Å². The number of halogens is 2. The first-order valence-corrected chi connectivity index (χ1v) is 8.50. The largest absolute Gasteiger partial charge is 0.444 e. The molecule has 25 heavy (non-hydrogen) atoms. The van der Waals surface area contributed by atoms with Crippen molar-refractivity contribution < 1.29 is 13.9 Å². The molecule has 1 amide bonds. The Morgan fingerprint density at radius 3 is 2.68 bits per heavy atom. The van der Waals surface area contributed by atoms with Crippen LogP contribution in [-0.2, 0) is 4.74 Å². The summed E-state index contributed by atoms with van der Waals surface area (Å²) in [5, 5.41) is 14.6. The molecule has 1 aromatic heterocycles. The topological polar surface area (TPSA) is 87.0 Å². The van der Waals surface area contributed by atoms with E-state index in [-0.39, 0.29) is 28.6 Å². The van der Waals surface area contributed by atoms with Crippen LogP contribution in [0.5, 0.6) is 0 Å². The molecule has 2 N–H and O–H groups in total. The number of hydrogen-bond acceptors (Lipinski definition) is 5. The molecule has 0 unspecified atom stereocenters. The van der Waals surface area contributed by atoms with Gasteiger partial charge in [-0.2, -0.15) is 5.26 Å². The van der Waals surface area contributed by atoms with E-state index in [9.17, 15) is 9.18 Å². The van der Waals surface area contributed by atoms with Crippen LogP contribution in [0.25, 0.3) is 0 Å². The zero-order chi connectivity index (χ0) is 18.8. The van der Waals surface area contributed by atoms with Crippen LogP contribution in [0, 0.1) is 23.1 Å². The first kappa shape index (κ1) is 19.3. The monoisotopic (exact) mass is 368 g/mol. The number of nitriles is 1. The lowest BCUT2D eigenvalue weighted by molar-refractivity contribution is 0.0502. The van der Waals surface area contributed by atoms with Crippen molar-refractivity contribution in [3.8, 4) is 6.07 Å². The van der Waals surface area contributed by atoms with Crippen LogP contribution in [0.3, 0.4) is 0 Å². The predicted molar refractivity (Wildman–Crippen MR) is 92.9 cm³/mol. The second kappa shape index (κ2) is 7.44. The lowest BCUT2D eigenvalue weighted by Crippen LogP contribution is -2.47. The smallest absolute Gasteiger partial charge is 0.407 e. The van der Waals surface area contributed by atoms with E-state index in [0.29, 0.717) is 5.92 Å². The molecular weight excluding hydrogens is 347 g/mol. The highest BCUT2D eigenvalue weighted by Gasteiger charge is 2.36. The van der Waals surface area contributed by atoms with Gasteiger partial charge in [0.15, 0.2) is 11.6 Å². The van der Waals surface area contributed by atoms with E-state index in [1.165, 1.54) is 0 Å². The van der Waals surface area contributed by atoms with Gasteiger partial charge in [0.25, 0.3) is 0 Å². The van der Waals surface area contributed by atoms with Gasteiger partial charge in [-0.1, -0.05) is 11.6 Å². The van der Waals surface area contributed by atoms with E-state index in [0.717, 1.165) is 18.9 Å². The van der Waals surface area contributed by atoms with Crippen molar-refractivity contribution >= 4 is 23.5 Å². The Morgan fingerprint density at radius 1 is 1.52 bits per heavy atom. The van der Waals surface area contributed by atoms with E-state index in [1.807, 2.05) is 6.92 Å². The highest BCUT2D eigenvalue weighted by Crippen LogP contribution is 2.36. The SMILES string of the molecule is C[C@H](NC(=O)OC(C)(C)C)[C@H](Nc1nc(Cl)c(C#N)cc1F)C1CC1. The lowest BCUT2D eigenvalue weighted by atomic mass is 10.0. The first-order chi connectivity index (χ1) is 11.6. The van der Waals surface area contributed by atoms with Crippen molar-refractivity contribution in [2.75, 3.05) is 5.32 Å². The quantitative estimate of drug-likeness (QED) is 0.771. The fraction of sp³-hybridized carbons (Fsp3) is 0.588. The minimum Gasteiger partial charge on any atom is -0.444 e. The fourth-order valence-corrected chi connectivity index (χ4v) is 2.67. The third-order valence-corrected chi connectivity index (χ3v) is 4.05. The Morgan fingerprint density at radius 2 is 2.16 bits per heavy atom. The zero-order valence-corrected chi connectivity index (χ0v) is 15.4. The van der Waals surface area contributed by atoms with Crippen molar-refractivity contribution in [2.45, 2.75) is 58.2 Å². The molecule has 6 nitrogen and oxygen atoms in total. The maximum absolute atomic E-state index is 14.2. The Hall–Kier alpha value is -2.07. The minimum atomic E-state index is -0.656. The van der Waals surface area contributed by atoms with Gasteiger partial charge in [0, 0.05) is 6.04 Å². The maximum Gasteiger partial charge on any atom is 0.407 e. The summed E-state index contributed by atoms with van der Waals surface area (Å²) in [6, 6.07) is 2.30. The van der Waals surface area contributed by atoms with E-state index >= 15 is 0 Å². The van der Waals surface area contributed by atoms with Gasteiger partial charge >= 0.3 is 6.09 Å². The molecular formula is C17H22ClFN4O2. The van der Waals surface area contributed by atoms with E-state index in [2.05, 4.69) is 15.6 Å². The number of carbonyl (C=O) groups is 1. The molecule has 1 aromatic rings. The summed E-state index contributed by atoms with van der Waals surface area (Å²) in [7, 11) is 0. The van der Waals surface area contributed by atoms with Gasteiger partial charge < -0.3 is 15.4 Å². The van der Waals surface area contributed by atoms with Crippen LogP contribution in [0.2, 0.25) is 5.15 Å². The number of hydrogen-bond donors (Lipinski definition) is 2. The fourth-order valence-electron chi connectivity index (χ4n) is 2.49. The highest BCUT2D eigenvalue weighted by molar-refractivity contribution is 6.30. The highest BCUT2D eigenvalue weighted by atomic mass is 35.5. The molecule has 8 heteroatoms. The number of anilines is 1. The van der Waals surface area contributed by atoms with Crippen LogP contribution in [0.4, 0.5) is 15.0 Å². The first-order valence-electron chi connectivity index (χ1n) is 8.13. The van der Waals surface area contributed by atoms with E-state index < -0.39 is 17.5 Å². The molecule has 0 aromatic carbocycles. The van der Waals surface area contributed by atoms with Gasteiger partial charge in [0.2, 0.25) is 0 Å². The summed E-state index contributed by atoms with van der Waals surface area (Å²) in [6.45, 7) is 7.17. The minimum absolute atomic E-state index is 0.0207. The molecule has 0 saturated heterocycles. The average Bonchev–Trinajstić information content (AvgIpc) is 3.29. The van der Waals surface area contributed by atoms with Gasteiger partial charge in [0.05, 0.1) is 11.6 Å². The Kier molecular flexibility index (Phi) is 5.73. The molecule has 1 fully saturated rings. The Balaban J connectivity index is 2.10. The van der Waals surface area contributed by atoms with Crippen molar-refractivity contribution in [2.24, 2.45) is 5.92 Å². The van der Waals surface area contributed by atoms with Gasteiger partial charge in [-0.3, -0.25) is 0 Å². The molecule has 1 saturated carbocycles. The third-order valence-electron chi connectivity index (χ3n) is 3.77. The van der Waals surface area contributed by atoms with Crippen molar-refractivity contribution in [3.63, 3.8) is 0 Å². The number of nitrogens with one attached hydrogen (secondary N) is 2. The summed E-state index contributed by atoms with van der Waals surface area (Å²) < 4.78 is 19.4. The van der Waals surface area contributed by atoms with Crippen LogP contribution < -0.4 is 10.6 Å².